The first-order valence-electron chi connectivity index (χ1n) is 11.1. The highest BCUT2D eigenvalue weighted by molar-refractivity contribution is 5.67. The third kappa shape index (κ3) is 7.10. The number of aromatic nitrogens is 2. The number of hydrogen-bond donors (Lipinski definition) is 2. The fourth-order valence-electron chi connectivity index (χ4n) is 3.56. The Morgan fingerprint density at radius 2 is 1.81 bits per heavy atom. The number of carbonyl (C=O) groups excluding carboxylic acids is 1. The lowest BCUT2D eigenvalue weighted by Crippen LogP contribution is -2.42. The molecule has 1 aliphatic carbocycles. The van der Waals surface area contributed by atoms with Crippen molar-refractivity contribution in [3.63, 3.8) is 0 Å². The van der Waals surface area contributed by atoms with Gasteiger partial charge in [-0.25, -0.2) is 14.8 Å². The van der Waals surface area contributed by atoms with Crippen LogP contribution in [0.2, 0.25) is 0 Å². The van der Waals surface area contributed by atoms with Crippen molar-refractivity contribution in [2.24, 2.45) is 0 Å². The van der Waals surface area contributed by atoms with Gasteiger partial charge in [-0.2, -0.15) is 0 Å². The number of nitrogens with one attached hydrogen (secondary N) is 2. The molecule has 2 aliphatic rings. The molecule has 0 bridgehead atoms. The molecular weight excluding hydrogens is 394 g/mol. The number of likely N-dealkylation sites (tertiary alicyclic amines) is 1. The van der Waals surface area contributed by atoms with Crippen LogP contribution in [-0.2, 0) is 11.3 Å². The molecule has 31 heavy (non-hydrogen) atoms. The maximum Gasteiger partial charge on any atom is 0.407 e. The van der Waals surface area contributed by atoms with Crippen LogP contribution >= 0.6 is 0 Å². The Kier molecular flexibility index (Phi) is 7.19. The SMILES string of the molecule is C[C@H](CNc1ncc(OC2CC2)cn1)NC(=O)OC1CCN(Cc2ccccc2)CC1. The number of carbonyl (C=O) groups is 1. The van der Waals surface area contributed by atoms with Crippen molar-refractivity contribution in [3.8, 4) is 5.75 Å². The lowest BCUT2D eigenvalue weighted by molar-refractivity contribution is 0.0475. The van der Waals surface area contributed by atoms with Gasteiger partial charge in [0.15, 0.2) is 5.75 Å². The van der Waals surface area contributed by atoms with Gasteiger partial charge in [0, 0.05) is 32.2 Å². The zero-order valence-electron chi connectivity index (χ0n) is 18.0. The summed E-state index contributed by atoms with van der Waals surface area (Å²) in [6.07, 6.45) is 7.19. The molecule has 8 heteroatoms. The van der Waals surface area contributed by atoms with Gasteiger partial charge in [0.25, 0.3) is 0 Å². The van der Waals surface area contributed by atoms with Crippen molar-refractivity contribution < 1.29 is 14.3 Å². The fourth-order valence-corrected chi connectivity index (χ4v) is 3.56. The molecule has 0 radical (unpaired) electrons. The predicted octanol–water partition coefficient (Wildman–Crippen LogP) is 3.21. The first-order valence-corrected chi connectivity index (χ1v) is 11.1. The number of amides is 1. The second kappa shape index (κ2) is 10.4. The molecular formula is C23H31N5O3. The Morgan fingerprint density at radius 3 is 2.48 bits per heavy atom. The fraction of sp³-hybridized carbons (Fsp3) is 0.522. The number of hydrogen-bond acceptors (Lipinski definition) is 7. The van der Waals surface area contributed by atoms with Gasteiger partial charge in [-0.15, -0.1) is 0 Å². The monoisotopic (exact) mass is 425 g/mol. The number of alkyl carbamates (subject to hydrolysis) is 1. The summed E-state index contributed by atoms with van der Waals surface area (Å²) in [5, 5.41) is 6.00. The highest BCUT2D eigenvalue weighted by Gasteiger charge is 2.24. The van der Waals surface area contributed by atoms with Crippen LogP contribution in [0.1, 0.15) is 38.2 Å². The van der Waals surface area contributed by atoms with Crippen molar-refractivity contribution in [2.45, 2.75) is 57.4 Å². The molecule has 166 valence electrons. The highest BCUT2D eigenvalue weighted by Crippen LogP contribution is 2.25. The van der Waals surface area contributed by atoms with E-state index in [4.69, 9.17) is 9.47 Å². The van der Waals surface area contributed by atoms with Gasteiger partial charge in [-0.05, 0) is 38.2 Å². The second-order valence-corrected chi connectivity index (χ2v) is 8.35. The molecule has 1 saturated carbocycles. The number of nitrogens with zero attached hydrogens (tertiary/aromatic N) is 3. The third-order valence-electron chi connectivity index (χ3n) is 5.44. The molecule has 1 saturated heterocycles. The largest absolute Gasteiger partial charge is 0.487 e. The van der Waals surface area contributed by atoms with Gasteiger partial charge in [-0.1, -0.05) is 30.3 Å². The van der Waals surface area contributed by atoms with Crippen LogP contribution in [0.4, 0.5) is 10.7 Å². The molecule has 1 aromatic heterocycles. The van der Waals surface area contributed by atoms with E-state index in [-0.39, 0.29) is 18.2 Å². The number of anilines is 1. The topological polar surface area (TPSA) is 88.6 Å². The van der Waals surface area contributed by atoms with Crippen LogP contribution in [0.5, 0.6) is 5.75 Å². The van der Waals surface area contributed by atoms with E-state index in [0.717, 1.165) is 45.3 Å². The van der Waals surface area contributed by atoms with Crippen LogP contribution in [0.15, 0.2) is 42.7 Å². The molecule has 2 heterocycles. The van der Waals surface area contributed by atoms with Gasteiger partial charge in [-0.3, -0.25) is 4.90 Å². The Balaban J connectivity index is 1.11. The van der Waals surface area contributed by atoms with E-state index in [1.165, 1.54) is 5.56 Å². The third-order valence-corrected chi connectivity index (χ3v) is 5.44. The molecule has 8 nitrogen and oxygen atoms in total. The number of ether oxygens (including phenoxy) is 2. The van der Waals surface area contributed by atoms with Crippen LogP contribution in [0, 0.1) is 0 Å². The van der Waals surface area contributed by atoms with E-state index in [2.05, 4.69) is 49.8 Å². The zero-order chi connectivity index (χ0) is 21.5. The Labute approximate surface area is 183 Å². The number of rotatable bonds is 9. The average Bonchev–Trinajstić information content (AvgIpc) is 3.59. The van der Waals surface area contributed by atoms with Gasteiger partial charge < -0.3 is 20.1 Å². The van der Waals surface area contributed by atoms with Crippen molar-refractivity contribution in [2.75, 3.05) is 25.0 Å². The van der Waals surface area contributed by atoms with Crippen LogP contribution in [-0.4, -0.2) is 58.8 Å². The smallest absolute Gasteiger partial charge is 0.407 e. The van der Waals surface area contributed by atoms with E-state index < -0.39 is 0 Å². The summed E-state index contributed by atoms with van der Waals surface area (Å²) < 4.78 is 11.3. The second-order valence-electron chi connectivity index (χ2n) is 8.35. The standard InChI is InChI=1S/C23H31N5O3/c1-17(13-24-22-25-14-21(15-26-22)30-19-7-8-19)27-23(29)31-20-9-11-28(12-10-20)16-18-5-3-2-4-6-18/h2-6,14-15,17,19-20H,7-13,16H2,1H3,(H,27,29)(H,24,25,26)/t17-/m1/s1. The normalized spacial score (nSPS) is 18.2. The summed E-state index contributed by atoms with van der Waals surface area (Å²) in [7, 11) is 0. The first kappa shape index (κ1) is 21.4. The van der Waals surface area contributed by atoms with Gasteiger partial charge >= 0.3 is 6.09 Å². The van der Waals surface area contributed by atoms with Crippen LogP contribution in [0.25, 0.3) is 0 Å². The number of piperidine rings is 1. The molecule has 0 spiro atoms. The van der Waals surface area contributed by atoms with E-state index in [1.54, 1.807) is 12.4 Å². The van der Waals surface area contributed by atoms with Crippen molar-refractivity contribution >= 4 is 12.0 Å². The van der Waals surface area contributed by atoms with E-state index in [0.29, 0.717) is 24.3 Å². The Hall–Kier alpha value is -2.87. The first-order chi connectivity index (χ1) is 15.1. The van der Waals surface area contributed by atoms with Gasteiger partial charge in [0.05, 0.1) is 18.5 Å². The molecule has 1 atom stereocenters. The van der Waals surface area contributed by atoms with Crippen molar-refractivity contribution in [1.82, 2.24) is 20.2 Å². The van der Waals surface area contributed by atoms with Gasteiger partial charge in [0.2, 0.25) is 5.95 Å². The molecule has 4 rings (SSSR count). The zero-order valence-corrected chi connectivity index (χ0v) is 18.0. The summed E-state index contributed by atoms with van der Waals surface area (Å²) in [4.78, 5) is 23.1. The van der Waals surface area contributed by atoms with Crippen LogP contribution < -0.4 is 15.4 Å². The minimum atomic E-state index is -0.370. The lowest BCUT2D eigenvalue weighted by Gasteiger charge is -2.31. The summed E-state index contributed by atoms with van der Waals surface area (Å²) >= 11 is 0. The molecule has 2 fully saturated rings. The Morgan fingerprint density at radius 1 is 1.10 bits per heavy atom. The van der Waals surface area contributed by atoms with Gasteiger partial charge in [0.1, 0.15) is 6.10 Å². The molecule has 2 aromatic rings. The predicted molar refractivity (Wildman–Crippen MR) is 118 cm³/mol. The maximum atomic E-state index is 12.2. The highest BCUT2D eigenvalue weighted by atomic mass is 16.6. The molecule has 1 aliphatic heterocycles. The minimum Gasteiger partial charge on any atom is -0.487 e. The van der Waals surface area contributed by atoms with E-state index >= 15 is 0 Å². The lowest BCUT2D eigenvalue weighted by atomic mass is 10.1. The molecule has 0 unspecified atom stereocenters. The maximum absolute atomic E-state index is 12.2. The molecule has 1 aromatic carbocycles. The quantitative estimate of drug-likeness (QED) is 0.638. The summed E-state index contributed by atoms with van der Waals surface area (Å²) in [5.74, 6) is 1.20. The average molecular weight is 426 g/mol. The van der Waals surface area contributed by atoms with E-state index in [9.17, 15) is 4.79 Å². The Bertz CT molecular complexity index is 821. The summed E-state index contributed by atoms with van der Waals surface area (Å²) in [5.41, 5.74) is 1.31. The van der Waals surface area contributed by atoms with E-state index in [1.807, 2.05) is 13.0 Å². The summed E-state index contributed by atoms with van der Waals surface area (Å²) in [6.45, 7) is 5.23. The van der Waals surface area contributed by atoms with Crippen molar-refractivity contribution in [1.29, 1.82) is 0 Å². The number of benzene rings is 1. The minimum absolute atomic E-state index is 0.0328. The van der Waals surface area contributed by atoms with Crippen molar-refractivity contribution in [3.05, 3.63) is 48.3 Å². The molecule has 1 amide bonds. The summed E-state index contributed by atoms with van der Waals surface area (Å²) in [6, 6.07) is 10.3. The van der Waals surface area contributed by atoms with Crippen LogP contribution in [0.3, 0.4) is 0 Å². The molecule has 2 N–H and O–H groups in total.